The number of hydrogen-bond acceptors (Lipinski definition) is 4. The van der Waals surface area contributed by atoms with E-state index >= 15 is 0 Å². The topological polar surface area (TPSA) is 55.9 Å². The van der Waals surface area contributed by atoms with Crippen molar-refractivity contribution < 1.29 is 9.59 Å². The van der Waals surface area contributed by atoms with Crippen LogP contribution in [0.4, 0.5) is 5.69 Å². The molecule has 2 heterocycles. The van der Waals surface area contributed by atoms with Gasteiger partial charge in [0.1, 0.15) is 0 Å². The number of nitrogens with zero attached hydrogens (tertiary/aromatic N) is 3. The Morgan fingerprint density at radius 2 is 1.64 bits per heavy atom. The molecular formula is C19H28N4O2. The summed E-state index contributed by atoms with van der Waals surface area (Å²) < 4.78 is 0. The molecule has 3 rings (SSSR count). The number of rotatable bonds is 5. The molecular weight excluding hydrogens is 316 g/mol. The third-order valence-corrected chi connectivity index (χ3v) is 5.15. The zero-order valence-electron chi connectivity index (χ0n) is 15.0. The van der Waals surface area contributed by atoms with Crippen LogP contribution in [0, 0.1) is 0 Å². The second-order valence-corrected chi connectivity index (χ2v) is 6.93. The highest BCUT2D eigenvalue weighted by atomic mass is 16.2. The molecule has 0 saturated carbocycles. The molecule has 1 aromatic carbocycles. The van der Waals surface area contributed by atoms with E-state index in [1.807, 2.05) is 42.2 Å². The number of hydrogen-bond donors (Lipinski definition) is 1. The quantitative estimate of drug-likeness (QED) is 0.874. The van der Waals surface area contributed by atoms with Crippen molar-refractivity contribution in [2.24, 2.45) is 0 Å². The summed E-state index contributed by atoms with van der Waals surface area (Å²) in [6, 6.07) is 9.47. The van der Waals surface area contributed by atoms with Gasteiger partial charge in [0, 0.05) is 45.0 Å². The maximum atomic E-state index is 12.5. The van der Waals surface area contributed by atoms with Crippen molar-refractivity contribution in [1.29, 1.82) is 0 Å². The van der Waals surface area contributed by atoms with Crippen molar-refractivity contribution in [3.05, 3.63) is 30.3 Å². The standard InChI is InChI=1S/C19H28N4O2/c1-16(19(25)23-9-5-6-10-23)22-13-11-21(12-14-22)15-18(24)20-17-7-3-2-4-8-17/h2-4,7-8,16H,5-6,9-15H2,1H3,(H,20,24). The molecule has 0 aromatic heterocycles. The molecule has 2 aliphatic heterocycles. The van der Waals surface area contributed by atoms with Gasteiger partial charge < -0.3 is 10.2 Å². The van der Waals surface area contributed by atoms with Crippen molar-refractivity contribution in [3.63, 3.8) is 0 Å². The van der Waals surface area contributed by atoms with E-state index in [0.717, 1.165) is 57.8 Å². The number of anilines is 1. The second-order valence-electron chi connectivity index (χ2n) is 6.93. The Bertz CT molecular complexity index is 578. The van der Waals surface area contributed by atoms with Gasteiger partial charge in [0.05, 0.1) is 12.6 Å². The van der Waals surface area contributed by atoms with Crippen LogP contribution in [0.5, 0.6) is 0 Å². The van der Waals surface area contributed by atoms with Crippen LogP contribution in [0.25, 0.3) is 0 Å². The molecule has 136 valence electrons. The third kappa shape index (κ3) is 4.80. The van der Waals surface area contributed by atoms with E-state index in [1.165, 1.54) is 0 Å². The lowest BCUT2D eigenvalue weighted by atomic mass is 10.2. The van der Waals surface area contributed by atoms with E-state index in [-0.39, 0.29) is 17.9 Å². The lowest BCUT2D eigenvalue weighted by molar-refractivity contribution is -0.136. The number of carbonyl (C=O) groups is 2. The molecule has 25 heavy (non-hydrogen) atoms. The summed E-state index contributed by atoms with van der Waals surface area (Å²) in [4.78, 5) is 31.1. The zero-order valence-corrected chi connectivity index (χ0v) is 15.0. The molecule has 2 saturated heterocycles. The molecule has 1 aromatic rings. The maximum Gasteiger partial charge on any atom is 0.239 e. The average molecular weight is 344 g/mol. The van der Waals surface area contributed by atoms with Gasteiger partial charge in [-0.1, -0.05) is 18.2 Å². The molecule has 2 fully saturated rings. The largest absolute Gasteiger partial charge is 0.341 e. The Morgan fingerprint density at radius 3 is 2.28 bits per heavy atom. The van der Waals surface area contributed by atoms with Crippen LogP contribution < -0.4 is 5.32 Å². The predicted octanol–water partition coefficient (Wildman–Crippen LogP) is 1.25. The first-order chi connectivity index (χ1) is 12.1. The number of nitrogens with one attached hydrogen (secondary N) is 1. The first-order valence-corrected chi connectivity index (χ1v) is 9.23. The molecule has 0 aliphatic carbocycles. The molecule has 0 spiro atoms. The highest BCUT2D eigenvalue weighted by Gasteiger charge is 2.30. The summed E-state index contributed by atoms with van der Waals surface area (Å²) in [7, 11) is 0. The Balaban J connectivity index is 1.42. The Hall–Kier alpha value is -1.92. The number of carbonyl (C=O) groups excluding carboxylic acids is 2. The molecule has 2 aliphatic rings. The zero-order chi connectivity index (χ0) is 17.6. The number of para-hydroxylation sites is 1. The fourth-order valence-electron chi connectivity index (χ4n) is 3.59. The van der Waals surface area contributed by atoms with Crippen LogP contribution in [0.2, 0.25) is 0 Å². The van der Waals surface area contributed by atoms with Gasteiger partial charge in [-0.15, -0.1) is 0 Å². The first-order valence-electron chi connectivity index (χ1n) is 9.23. The molecule has 1 unspecified atom stereocenters. The SMILES string of the molecule is CC(C(=O)N1CCCC1)N1CCN(CC(=O)Nc2ccccc2)CC1. The Kier molecular flexibility index (Phi) is 6.04. The van der Waals surface area contributed by atoms with Crippen LogP contribution in [0.3, 0.4) is 0 Å². The fraction of sp³-hybridized carbons (Fsp3) is 0.579. The molecule has 1 atom stereocenters. The van der Waals surface area contributed by atoms with Crippen molar-refractivity contribution in [2.45, 2.75) is 25.8 Å². The van der Waals surface area contributed by atoms with E-state index in [0.29, 0.717) is 6.54 Å². The Labute approximate surface area is 149 Å². The predicted molar refractivity (Wildman–Crippen MR) is 98.4 cm³/mol. The van der Waals surface area contributed by atoms with Gasteiger partial charge in [0.2, 0.25) is 11.8 Å². The Morgan fingerprint density at radius 1 is 1.00 bits per heavy atom. The van der Waals surface area contributed by atoms with Crippen LogP contribution in [-0.2, 0) is 9.59 Å². The highest BCUT2D eigenvalue weighted by molar-refractivity contribution is 5.92. The number of likely N-dealkylation sites (tertiary alicyclic amines) is 1. The minimum atomic E-state index is -0.0570. The van der Waals surface area contributed by atoms with Gasteiger partial charge in [0.25, 0.3) is 0 Å². The van der Waals surface area contributed by atoms with E-state index in [4.69, 9.17) is 0 Å². The number of piperazine rings is 1. The second kappa shape index (κ2) is 8.45. The summed E-state index contributed by atoms with van der Waals surface area (Å²) >= 11 is 0. The van der Waals surface area contributed by atoms with E-state index in [9.17, 15) is 9.59 Å². The molecule has 0 radical (unpaired) electrons. The van der Waals surface area contributed by atoms with Crippen molar-refractivity contribution in [2.75, 3.05) is 51.1 Å². The van der Waals surface area contributed by atoms with Gasteiger partial charge in [-0.2, -0.15) is 0 Å². The smallest absolute Gasteiger partial charge is 0.239 e. The van der Waals surface area contributed by atoms with Gasteiger partial charge in [-0.05, 0) is 31.9 Å². The maximum absolute atomic E-state index is 12.5. The summed E-state index contributed by atoms with van der Waals surface area (Å²) in [6.07, 6.45) is 2.26. The van der Waals surface area contributed by atoms with Crippen LogP contribution in [0.1, 0.15) is 19.8 Å². The van der Waals surface area contributed by atoms with E-state index in [1.54, 1.807) is 0 Å². The summed E-state index contributed by atoms with van der Waals surface area (Å²) in [5.74, 6) is 0.272. The normalized spacial score (nSPS) is 20.4. The fourth-order valence-corrected chi connectivity index (χ4v) is 3.59. The summed E-state index contributed by atoms with van der Waals surface area (Å²) in [5.41, 5.74) is 0.830. The van der Waals surface area contributed by atoms with Crippen LogP contribution >= 0.6 is 0 Å². The minimum absolute atomic E-state index is 0.0147. The van der Waals surface area contributed by atoms with E-state index in [2.05, 4.69) is 15.1 Å². The van der Waals surface area contributed by atoms with Crippen LogP contribution in [-0.4, -0.2) is 78.4 Å². The van der Waals surface area contributed by atoms with Crippen molar-refractivity contribution in [3.8, 4) is 0 Å². The molecule has 6 heteroatoms. The molecule has 2 amide bonds. The van der Waals surface area contributed by atoms with Gasteiger partial charge in [-0.3, -0.25) is 19.4 Å². The average Bonchev–Trinajstić information content (AvgIpc) is 3.16. The molecule has 6 nitrogen and oxygen atoms in total. The van der Waals surface area contributed by atoms with Crippen LogP contribution in [0.15, 0.2) is 30.3 Å². The van der Waals surface area contributed by atoms with E-state index < -0.39 is 0 Å². The van der Waals surface area contributed by atoms with Crippen molar-refractivity contribution in [1.82, 2.24) is 14.7 Å². The monoisotopic (exact) mass is 344 g/mol. The lowest BCUT2D eigenvalue weighted by Crippen LogP contribution is -2.55. The summed E-state index contributed by atoms with van der Waals surface area (Å²) in [6.45, 7) is 7.53. The first kappa shape index (κ1) is 17.9. The van der Waals surface area contributed by atoms with Crippen molar-refractivity contribution >= 4 is 17.5 Å². The number of benzene rings is 1. The third-order valence-electron chi connectivity index (χ3n) is 5.15. The van der Waals surface area contributed by atoms with Gasteiger partial charge >= 0.3 is 0 Å². The molecule has 0 bridgehead atoms. The number of amides is 2. The minimum Gasteiger partial charge on any atom is -0.341 e. The highest BCUT2D eigenvalue weighted by Crippen LogP contribution is 2.14. The van der Waals surface area contributed by atoms with Gasteiger partial charge in [0.15, 0.2) is 0 Å². The van der Waals surface area contributed by atoms with Gasteiger partial charge in [-0.25, -0.2) is 0 Å². The molecule has 1 N–H and O–H groups in total. The summed E-state index contributed by atoms with van der Waals surface area (Å²) in [5, 5.41) is 2.92. The lowest BCUT2D eigenvalue weighted by Gasteiger charge is -2.38.